The lowest BCUT2D eigenvalue weighted by Gasteiger charge is -2.25. The third-order valence-corrected chi connectivity index (χ3v) is 3.49. The van der Waals surface area contributed by atoms with Crippen LogP contribution < -0.4 is 5.73 Å². The Morgan fingerprint density at radius 3 is 2.68 bits per heavy atom. The average Bonchev–Trinajstić information content (AvgIpc) is 2.85. The van der Waals surface area contributed by atoms with Gasteiger partial charge in [-0.15, -0.1) is 0 Å². The molecule has 1 amide bonds. The maximum atomic E-state index is 12.4. The first kappa shape index (κ1) is 13.3. The topological polar surface area (TPSA) is 70.1 Å². The van der Waals surface area contributed by atoms with Gasteiger partial charge in [0.2, 0.25) is 5.91 Å². The molecule has 4 nitrogen and oxygen atoms in total. The van der Waals surface area contributed by atoms with Gasteiger partial charge in [0.1, 0.15) is 12.1 Å². The van der Waals surface area contributed by atoms with Crippen LogP contribution in [0, 0.1) is 25.2 Å². The van der Waals surface area contributed by atoms with Gasteiger partial charge in [-0.3, -0.25) is 4.79 Å². The van der Waals surface area contributed by atoms with Crippen LogP contribution >= 0.6 is 0 Å². The highest BCUT2D eigenvalue weighted by molar-refractivity contribution is 5.85. The summed E-state index contributed by atoms with van der Waals surface area (Å²) in [5, 5.41) is 9.01. The first-order valence-corrected chi connectivity index (χ1v) is 6.24. The van der Waals surface area contributed by atoms with Crippen molar-refractivity contribution in [2.45, 2.75) is 25.9 Å². The Bertz CT molecular complexity index is 551. The molecule has 1 aromatic carbocycles. The Hall–Kier alpha value is -2.12. The van der Waals surface area contributed by atoms with Crippen molar-refractivity contribution in [1.29, 1.82) is 5.26 Å². The molecule has 1 aromatic rings. The molecule has 0 radical (unpaired) electrons. The number of hydrogen-bond donors (Lipinski definition) is 1. The Morgan fingerprint density at radius 1 is 1.47 bits per heavy atom. The molecule has 0 spiro atoms. The predicted molar refractivity (Wildman–Crippen MR) is 73.1 cm³/mol. The molecule has 2 atom stereocenters. The highest BCUT2D eigenvalue weighted by atomic mass is 16.2. The molecule has 0 saturated heterocycles. The van der Waals surface area contributed by atoms with E-state index in [1.54, 1.807) is 6.08 Å². The highest BCUT2D eigenvalue weighted by Gasteiger charge is 2.30. The van der Waals surface area contributed by atoms with E-state index in [1.165, 1.54) is 4.90 Å². The Morgan fingerprint density at radius 2 is 2.11 bits per heavy atom. The number of amides is 1. The standard InChI is InChI=1S/C15H17N3O/c1-10-5-3-6-11(2)13(10)14(17)15(19)18-8-4-7-12(18)9-16/h3-7,12,14H,8,17H2,1-2H3. The van der Waals surface area contributed by atoms with Crippen LogP contribution in [-0.2, 0) is 4.79 Å². The van der Waals surface area contributed by atoms with E-state index in [-0.39, 0.29) is 5.91 Å². The largest absolute Gasteiger partial charge is 0.318 e. The van der Waals surface area contributed by atoms with Crippen LogP contribution in [-0.4, -0.2) is 23.4 Å². The van der Waals surface area contributed by atoms with Crippen molar-refractivity contribution in [2.24, 2.45) is 5.73 Å². The van der Waals surface area contributed by atoms with Crippen LogP contribution in [0.15, 0.2) is 30.4 Å². The van der Waals surface area contributed by atoms with Crippen LogP contribution in [0.25, 0.3) is 0 Å². The number of carbonyl (C=O) groups excluding carboxylic acids is 1. The Labute approximate surface area is 113 Å². The second-order valence-corrected chi connectivity index (χ2v) is 4.78. The molecule has 0 saturated carbocycles. The summed E-state index contributed by atoms with van der Waals surface area (Å²) >= 11 is 0. The van der Waals surface area contributed by atoms with Crippen molar-refractivity contribution in [1.82, 2.24) is 4.90 Å². The quantitative estimate of drug-likeness (QED) is 0.816. The van der Waals surface area contributed by atoms with Crippen LogP contribution in [0.2, 0.25) is 0 Å². The van der Waals surface area contributed by atoms with Crippen LogP contribution in [0.4, 0.5) is 0 Å². The predicted octanol–water partition coefficient (Wildman–Crippen LogP) is 1.59. The van der Waals surface area contributed by atoms with Crippen molar-refractivity contribution < 1.29 is 4.79 Å². The number of aryl methyl sites for hydroxylation is 2. The van der Waals surface area contributed by atoms with Gasteiger partial charge in [-0.25, -0.2) is 0 Å². The molecule has 2 unspecified atom stereocenters. The lowest BCUT2D eigenvalue weighted by atomic mass is 9.95. The number of nitrogens with two attached hydrogens (primary N) is 1. The molecule has 2 rings (SSSR count). The lowest BCUT2D eigenvalue weighted by Crippen LogP contribution is -2.41. The number of hydrogen-bond acceptors (Lipinski definition) is 3. The summed E-state index contributed by atoms with van der Waals surface area (Å²) in [5.41, 5.74) is 8.97. The van der Waals surface area contributed by atoms with E-state index in [9.17, 15) is 4.79 Å². The van der Waals surface area contributed by atoms with Gasteiger partial charge in [0.15, 0.2) is 0 Å². The van der Waals surface area contributed by atoms with Crippen LogP contribution in [0.5, 0.6) is 0 Å². The normalized spacial score (nSPS) is 19.3. The summed E-state index contributed by atoms with van der Waals surface area (Å²) in [7, 11) is 0. The van der Waals surface area contributed by atoms with E-state index in [2.05, 4.69) is 6.07 Å². The summed E-state index contributed by atoms with van der Waals surface area (Å²) in [6, 6.07) is 6.72. The van der Waals surface area contributed by atoms with Gasteiger partial charge >= 0.3 is 0 Å². The molecule has 98 valence electrons. The molecule has 1 aliphatic heterocycles. The van der Waals surface area contributed by atoms with Gasteiger partial charge in [0.05, 0.1) is 6.07 Å². The first-order chi connectivity index (χ1) is 9.06. The van der Waals surface area contributed by atoms with E-state index in [0.717, 1.165) is 16.7 Å². The Kier molecular flexibility index (Phi) is 3.68. The molecule has 1 heterocycles. The summed E-state index contributed by atoms with van der Waals surface area (Å²) in [6.07, 6.45) is 3.55. The minimum atomic E-state index is -0.711. The SMILES string of the molecule is Cc1cccc(C)c1C(N)C(=O)N1CC=CC1C#N. The second-order valence-electron chi connectivity index (χ2n) is 4.78. The third kappa shape index (κ3) is 2.38. The molecule has 4 heteroatoms. The molecule has 1 aliphatic rings. The van der Waals surface area contributed by atoms with E-state index in [4.69, 9.17) is 11.0 Å². The maximum absolute atomic E-state index is 12.4. The molecular weight excluding hydrogens is 238 g/mol. The molecular formula is C15H17N3O. The fourth-order valence-electron chi connectivity index (χ4n) is 2.48. The molecule has 2 N–H and O–H groups in total. The molecule has 0 aliphatic carbocycles. The lowest BCUT2D eigenvalue weighted by molar-refractivity contribution is -0.132. The van der Waals surface area contributed by atoms with Crippen molar-refractivity contribution in [3.63, 3.8) is 0 Å². The monoisotopic (exact) mass is 255 g/mol. The summed E-state index contributed by atoms with van der Waals surface area (Å²) in [4.78, 5) is 13.9. The number of rotatable bonds is 2. The van der Waals surface area contributed by atoms with Gasteiger partial charge in [-0.05, 0) is 36.6 Å². The Balaban J connectivity index is 2.28. The molecule has 0 aromatic heterocycles. The van der Waals surface area contributed by atoms with E-state index in [0.29, 0.717) is 6.54 Å². The van der Waals surface area contributed by atoms with Crippen LogP contribution in [0.1, 0.15) is 22.7 Å². The molecule has 0 bridgehead atoms. The fourth-order valence-corrected chi connectivity index (χ4v) is 2.48. The number of nitriles is 1. The van der Waals surface area contributed by atoms with E-state index in [1.807, 2.05) is 38.1 Å². The summed E-state index contributed by atoms with van der Waals surface area (Å²) in [6.45, 7) is 4.34. The van der Waals surface area contributed by atoms with Gasteiger partial charge < -0.3 is 10.6 Å². The highest BCUT2D eigenvalue weighted by Crippen LogP contribution is 2.23. The fraction of sp³-hybridized carbons (Fsp3) is 0.333. The second kappa shape index (κ2) is 5.25. The van der Waals surface area contributed by atoms with Gasteiger partial charge in [0.25, 0.3) is 0 Å². The smallest absolute Gasteiger partial charge is 0.245 e. The number of nitrogens with zero attached hydrogens (tertiary/aromatic N) is 2. The van der Waals surface area contributed by atoms with E-state index < -0.39 is 12.1 Å². The molecule has 0 fully saturated rings. The third-order valence-electron chi connectivity index (χ3n) is 3.49. The minimum absolute atomic E-state index is 0.200. The van der Waals surface area contributed by atoms with Crippen molar-refractivity contribution in [3.05, 3.63) is 47.0 Å². The van der Waals surface area contributed by atoms with Gasteiger partial charge in [-0.2, -0.15) is 5.26 Å². The zero-order valence-electron chi connectivity index (χ0n) is 11.1. The minimum Gasteiger partial charge on any atom is -0.318 e. The summed E-state index contributed by atoms with van der Waals surface area (Å²) < 4.78 is 0. The van der Waals surface area contributed by atoms with Crippen molar-refractivity contribution >= 4 is 5.91 Å². The number of carbonyl (C=O) groups is 1. The molecule has 19 heavy (non-hydrogen) atoms. The van der Waals surface area contributed by atoms with Crippen LogP contribution in [0.3, 0.4) is 0 Å². The van der Waals surface area contributed by atoms with Gasteiger partial charge in [-0.1, -0.05) is 24.3 Å². The van der Waals surface area contributed by atoms with E-state index >= 15 is 0 Å². The van der Waals surface area contributed by atoms with Crippen molar-refractivity contribution in [3.8, 4) is 6.07 Å². The average molecular weight is 255 g/mol. The van der Waals surface area contributed by atoms with Crippen molar-refractivity contribution in [2.75, 3.05) is 6.54 Å². The summed E-state index contributed by atoms with van der Waals surface area (Å²) in [5.74, 6) is -0.200. The number of benzene rings is 1. The maximum Gasteiger partial charge on any atom is 0.245 e. The zero-order valence-corrected chi connectivity index (χ0v) is 11.1. The zero-order chi connectivity index (χ0) is 14.0. The first-order valence-electron chi connectivity index (χ1n) is 6.24. The van der Waals surface area contributed by atoms with Gasteiger partial charge in [0, 0.05) is 6.54 Å².